The maximum atomic E-state index is 14.8. The Hall–Kier alpha value is -3.55. The summed E-state index contributed by atoms with van der Waals surface area (Å²) >= 11 is 8.14. The summed E-state index contributed by atoms with van der Waals surface area (Å²) in [6, 6.07) is 5.38. The van der Waals surface area contributed by atoms with Crippen LogP contribution in [0.2, 0.25) is 5.02 Å². The number of nitrogen functional groups attached to an aromatic ring is 1. The predicted molar refractivity (Wildman–Crippen MR) is 150 cm³/mol. The van der Waals surface area contributed by atoms with Gasteiger partial charge in [0.25, 0.3) is 0 Å². The van der Waals surface area contributed by atoms with Gasteiger partial charge in [0.2, 0.25) is 0 Å². The van der Waals surface area contributed by atoms with Crippen LogP contribution in [0.3, 0.4) is 0 Å². The topological polar surface area (TPSA) is 97.3 Å². The van der Waals surface area contributed by atoms with Crippen LogP contribution in [0.25, 0.3) is 32.1 Å². The average molecular weight is 560 g/mol. The van der Waals surface area contributed by atoms with Crippen LogP contribution in [-0.2, 0) is 18.0 Å². The van der Waals surface area contributed by atoms with E-state index >= 15 is 0 Å². The summed E-state index contributed by atoms with van der Waals surface area (Å²) in [7, 11) is 0. The SMILES string of the molecule is C=C1CN2CC(=C)CC2(COc2ncc3c4c(c(-c5ccc(F)c6sc(N)c(C#N)c56)c(Cl)c3n2)COC4)C1. The van der Waals surface area contributed by atoms with Gasteiger partial charge in [-0.25, -0.2) is 9.37 Å². The van der Waals surface area contributed by atoms with E-state index in [0.29, 0.717) is 51.6 Å². The molecule has 2 aromatic carbocycles. The Kier molecular flexibility index (Phi) is 5.48. The number of hydrogen-bond donors (Lipinski definition) is 1. The average Bonchev–Trinajstić information content (AvgIpc) is 3.65. The summed E-state index contributed by atoms with van der Waals surface area (Å²) < 4.78 is 27.1. The highest BCUT2D eigenvalue weighted by Gasteiger charge is 2.48. The lowest BCUT2D eigenvalue weighted by Gasteiger charge is -2.30. The monoisotopic (exact) mass is 559 g/mol. The van der Waals surface area contributed by atoms with Gasteiger partial charge in [-0.3, -0.25) is 4.90 Å². The molecule has 3 aliphatic rings. The summed E-state index contributed by atoms with van der Waals surface area (Å²) in [6.07, 6.45) is 3.42. The minimum absolute atomic E-state index is 0.181. The molecule has 0 unspecified atom stereocenters. The summed E-state index contributed by atoms with van der Waals surface area (Å²) in [6.45, 7) is 11.2. The third-order valence-corrected chi connectivity index (χ3v) is 9.40. The summed E-state index contributed by atoms with van der Waals surface area (Å²) in [4.78, 5) is 11.6. The first-order valence-electron chi connectivity index (χ1n) is 12.5. The van der Waals surface area contributed by atoms with Gasteiger partial charge < -0.3 is 15.2 Å². The Balaban J connectivity index is 1.36. The van der Waals surface area contributed by atoms with Crippen molar-refractivity contribution >= 4 is 48.9 Å². The van der Waals surface area contributed by atoms with Crippen LogP contribution in [0.15, 0.2) is 42.6 Å². The van der Waals surface area contributed by atoms with E-state index in [2.05, 4.69) is 29.1 Å². The number of halogens is 2. The first-order chi connectivity index (χ1) is 18.8. The highest BCUT2D eigenvalue weighted by Crippen LogP contribution is 2.48. The van der Waals surface area contributed by atoms with E-state index in [1.165, 1.54) is 17.2 Å². The summed E-state index contributed by atoms with van der Waals surface area (Å²) in [5.74, 6) is -0.438. The molecule has 0 atom stereocenters. The van der Waals surface area contributed by atoms with Gasteiger partial charge in [-0.05, 0) is 35.6 Å². The Morgan fingerprint density at radius 2 is 1.97 bits per heavy atom. The Morgan fingerprint density at radius 1 is 1.23 bits per heavy atom. The number of ether oxygens (including phenoxy) is 2. The van der Waals surface area contributed by atoms with Crippen molar-refractivity contribution in [2.24, 2.45) is 0 Å². The van der Waals surface area contributed by atoms with Gasteiger partial charge in [-0.15, -0.1) is 11.3 Å². The van der Waals surface area contributed by atoms with E-state index < -0.39 is 5.82 Å². The number of thiophene rings is 1. The van der Waals surface area contributed by atoms with Crippen molar-refractivity contribution in [3.8, 4) is 23.2 Å². The summed E-state index contributed by atoms with van der Waals surface area (Å²) in [5.41, 5.74) is 12.1. The zero-order chi connectivity index (χ0) is 27.1. The minimum Gasteiger partial charge on any atom is -0.461 e. The Bertz CT molecular complexity index is 1790. The van der Waals surface area contributed by atoms with Crippen molar-refractivity contribution in [1.82, 2.24) is 14.9 Å². The molecule has 10 heteroatoms. The van der Waals surface area contributed by atoms with Crippen LogP contribution in [0.1, 0.15) is 29.5 Å². The lowest BCUT2D eigenvalue weighted by molar-refractivity contribution is 0.108. The molecule has 2 saturated heterocycles. The lowest BCUT2D eigenvalue weighted by Crippen LogP contribution is -2.43. The first kappa shape index (κ1) is 24.5. The number of benzene rings is 2. The molecule has 0 bridgehead atoms. The third-order valence-electron chi connectivity index (χ3n) is 8.01. The maximum absolute atomic E-state index is 14.8. The molecule has 4 aromatic rings. The molecule has 2 N–H and O–H groups in total. The quantitative estimate of drug-likeness (QED) is 0.300. The number of nitrogens with zero attached hydrogens (tertiary/aromatic N) is 4. The highest BCUT2D eigenvalue weighted by atomic mass is 35.5. The van der Waals surface area contributed by atoms with Gasteiger partial charge in [0, 0.05) is 35.6 Å². The van der Waals surface area contributed by atoms with Gasteiger partial charge >= 0.3 is 6.01 Å². The smallest absolute Gasteiger partial charge is 0.317 e. The molecular formula is C29H23ClFN5O2S. The number of hydrogen-bond acceptors (Lipinski definition) is 8. The van der Waals surface area contributed by atoms with Crippen LogP contribution in [0, 0.1) is 17.1 Å². The van der Waals surface area contributed by atoms with Crippen LogP contribution in [-0.4, -0.2) is 40.1 Å². The number of anilines is 1. The molecule has 2 aromatic heterocycles. The molecule has 5 heterocycles. The predicted octanol–water partition coefficient (Wildman–Crippen LogP) is 6.13. The van der Waals surface area contributed by atoms with E-state index in [-0.39, 0.29) is 22.1 Å². The third kappa shape index (κ3) is 3.60. The molecule has 0 aliphatic carbocycles. The molecule has 3 aliphatic heterocycles. The van der Waals surface area contributed by atoms with Gasteiger partial charge in [0.05, 0.1) is 39.6 Å². The molecule has 39 heavy (non-hydrogen) atoms. The van der Waals surface area contributed by atoms with E-state index in [9.17, 15) is 9.65 Å². The fourth-order valence-electron chi connectivity index (χ4n) is 6.41. The van der Waals surface area contributed by atoms with Crippen LogP contribution >= 0.6 is 22.9 Å². The molecule has 0 amide bonds. The normalized spacial score (nSPS) is 18.2. The van der Waals surface area contributed by atoms with Crippen LogP contribution in [0.4, 0.5) is 9.39 Å². The molecular weight excluding hydrogens is 537 g/mol. The molecule has 7 rings (SSSR count). The zero-order valence-corrected chi connectivity index (χ0v) is 22.5. The summed E-state index contributed by atoms with van der Waals surface area (Å²) in [5, 5.41) is 11.7. The highest BCUT2D eigenvalue weighted by molar-refractivity contribution is 7.23. The zero-order valence-electron chi connectivity index (χ0n) is 20.9. The van der Waals surface area contributed by atoms with Crippen molar-refractivity contribution in [1.29, 1.82) is 5.26 Å². The minimum atomic E-state index is -0.438. The second kappa shape index (κ2) is 8.73. The fraction of sp³-hybridized carbons (Fsp3) is 0.276. The van der Waals surface area contributed by atoms with Gasteiger partial charge in [0.15, 0.2) is 0 Å². The van der Waals surface area contributed by atoms with E-state index in [1.807, 2.05) is 0 Å². The van der Waals surface area contributed by atoms with E-state index in [4.69, 9.17) is 31.8 Å². The molecule has 0 radical (unpaired) electrons. The molecule has 0 spiro atoms. The van der Waals surface area contributed by atoms with E-state index in [0.717, 1.165) is 53.8 Å². The second-order valence-electron chi connectivity index (χ2n) is 10.5. The Labute approximate surface area is 232 Å². The van der Waals surface area contributed by atoms with Crippen molar-refractivity contribution in [2.75, 3.05) is 25.4 Å². The second-order valence-corrected chi connectivity index (χ2v) is 12.0. The maximum Gasteiger partial charge on any atom is 0.317 e. The molecule has 0 saturated carbocycles. The molecule has 7 nitrogen and oxygen atoms in total. The standard InChI is InChI=1S/C29H23ClFN5O2S/c1-14-5-29(6-15(2)10-36(29)9-14)13-38-28-34-8-18-19-11-37-12-20(19)22(24(30)25(18)35-28)16-3-4-21(31)26-23(16)17(7-32)27(33)39-26/h3-4,8H,1-2,5-6,9-13,33H2. The fourth-order valence-corrected chi connectivity index (χ4v) is 7.72. The van der Waals surface area contributed by atoms with Crippen LogP contribution < -0.4 is 10.5 Å². The number of aromatic nitrogens is 2. The Morgan fingerprint density at radius 3 is 2.72 bits per heavy atom. The van der Waals surface area contributed by atoms with Crippen molar-refractivity contribution in [2.45, 2.75) is 31.6 Å². The number of nitriles is 1. The molecule has 2 fully saturated rings. The van der Waals surface area contributed by atoms with Gasteiger partial charge in [-0.2, -0.15) is 10.2 Å². The number of fused-ring (bicyclic) bond motifs is 5. The number of nitrogens with two attached hydrogens (primary N) is 1. The van der Waals surface area contributed by atoms with Crippen molar-refractivity contribution < 1.29 is 13.9 Å². The van der Waals surface area contributed by atoms with E-state index in [1.54, 1.807) is 12.3 Å². The van der Waals surface area contributed by atoms with Crippen LogP contribution in [0.5, 0.6) is 6.01 Å². The number of rotatable bonds is 4. The largest absolute Gasteiger partial charge is 0.461 e. The molecule has 196 valence electrons. The lowest BCUT2D eigenvalue weighted by atomic mass is 9.91. The van der Waals surface area contributed by atoms with Crippen molar-refractivity contribution in [3.63, 3.8) is 0 Å². The van der Waals surface area contributed by atoms with Gasteiger partial charge in [0.1, 0.15) is 23.5 Å². The van der Waals surface area contributed by atoms with Gasteiger partial charge in [-0.1, -0.05) is 42.0 Å². The first-order valence-corrected chi connectivity index (χ1v) is 13.7. The van der Waals surface area contributed by atoms with Crippen molar-refractivity contribution in [3.05, 3.63) is 70.2 Å².